The molecular weight excluding hydrogens is 336 g/mol. The number of benzene rings is 1. The van der Waals surface area contributed by atoms with E-state index in [1.807, 2.05) is 21.0 Å². The minimum Gasteiger partial charge on any atom is -0.380 e. The van der Waals surface area contributed by atoms with E-state index in [4.69, 9.17) is 16.3 Å². The maximum Gasteiger partial charge on any atom is 0.244 e. The summed E-state index contributed by atoms with van der Waals surface area (Å²) in [6.45, 7) is 4.21. The van der Waals surface area contributed by atoms with E-state index < -0.39 is 10.0 Å². The summed E-state index contributed by atoms with van der Waals surface area (Å²) in [7, 11) is 0.400. The van der Waals surface area contributed by atoms with E-state index in [0.717, 1.165) is 13.0 Å². The predicted molar refractivity (Wildman–Crippen MR) is 92.3 cm³/mol. The predicted octanol–water partition coefficient (Wildman–Crippen LogP) is 2.32. The average molecular weight is 361 g/mol. The lowest BCUT2D eigenvalue weighted by Gasteiger charge is -2.31. The summed E-state index contributed by atoms with van der Waals surface area (Å²) in [6, 6.07) is 6.47. The highest BCUT2D eigenvalue weighted by Crippen LogP contribution is 2.29. The highest BCUT2D eigenvalue weighted by Gasteiger charge is 2.36. The van der Waals surface area contributed by atoms with Gasteiger partial charge in [-0.15, -0.1) is 0 Å². The van der Waals surface area contributed by atoms with Gasteiger partial charge in [0.25, 0.3) is 0 Å². The zero-order valence-electron chi connectivity index (χ0n) is 13.9. The van der Waals surface area contributed by atoms with Crippen LogP contribution in [0, 0.1) is 5.92 Å². The van der Waals surface area contributed by atoms with Gasteiger partial charge in [-0.1, -0.05) is 23.7 Å². The van der Waals surface area contributed by atoms with E-state index >= 15 is 0 Å². The summed E-state index contributed by atoms with van der Waals surface area (Å²) in [5, 5.41) is 0.259. The molecule has 1 saturated heterocycles. The molecule has 1 heterocycles. The Kier molecular flexibility index (Phi) is 6.45. The highest BCUT2D eigenvalue weighted by atomic mass is 35.5. The topological polar surface area (TPSA) is 49.9 Å². The average Bonchev–Trinajstić information content (AvgIpc) is 2.67. The zero-order valence-corrected chi connectivity index (χ0v) is 15.5. The Morgan fingerprint density at radius 1 is 1.35 bits per heavy atom. The molecule has 0 amide bonds. The summed E-state index contributed by atoms with van der Waals surface area (Å²) >= 11 is 6.11. The molecule has 0 bridgehead atoms. The van der Waals surface area contributed by atoms with Crippen molar-refractivity contribution in [1.29, 1.82) is 0 Å². The molecule has 1 fully saturated rings. The Bertz CT molecular complexity index is 622. The standard InChI is InChI=1S/C16H25ClN2O3S/c1-13-14(8-9-18(2)3)12-22-11-10-19(13)23(20,21)16-7-5-4-6-15(16)17/h4-7,13-14H,8-12H2,1-3H3/t13-,14+/m0/s1. The van der Waals surface area contributed by atoms with Crippen LogP contribution in [0.3, 0.4) is 0 Å². The molecule has 2 atom stereocenters. The van der Waals surface area contributed by atoms with E-state index in [9.17, 15) is 8.42 Å². The number of hydrogen-bond acceptors (Lipinski definition) is 4. The zero-order chi connectivity index (χ0) is 17.0. The first kappa shape index (κ1) is 18.7. The van der Waals surface area contributed by atoms with Crippen LogP contribution < -0.4 is 0 Å². The van der Waals surface area contributed by atoms with Gasteiger partial charge in [0.15, 0.2) is 0 Å². The molecule has 130 valence electrons. The van der Waals surface area contributed by atoms with Crippen molar-refractivity contribution in [3.05, 3.63) is 29.3 Å². The highest BCUT2D eigenvalue weighted by molar-refractivity contribution is 7.89. The van der Waals surface area contributed by atoms with Crippen LogP contribution in [0.4, 0.5) is 0 Å². The summed E-state index contributed by atoms with van der Waals surface area (Å²) in [5.41, 5.74) is 0. The van der Waals surface area contributed by atoms with Crippen LogP contribution in [0.5, 0.6) is 0 Å². The summed E-state index contributed by atoms with van der Waals surface area (Å²) in [4.78, 5) is 2.27. The SMILES string of the molecule is C[C@H]1[C@H](CCN(C)C)COCCN1S(=O)(=O)c1ccccc1Cl. The van der Waals surface area contributed by atoms with Gasteiger partial charge in [0.1, 0.15) is 4.90 Å². The third-order valence-corrected chi connectivity index (χ3v) is 6.78. The number of ether oxygens (including phenoxy) is 1. The Balaban J connectivity index is 2.27. The lowest BCUT2D eigenvalue weighted by molar-refractivity contribution is 0.111. The van der Waals surface area contributed by atoms with Gasteiger partial charge in [0.05, 0.1) is 18.2 Å². The first-order valence-corrected chi connectivity index (χ1v) is 9.64. The monoisotopic (exact) mass is 360 g/mol. The quantitative estimate of drug-likeness (QED) is 0.808. The maximum atomic E-state index is 13.0. The Morgan fingerprint density at radius 3 is 2.70 bits per heavy atom. The third kappa shape index (κ3) is 4.45. The van der Waals surface area contributed by atoms with Crippen LogP contribution >= 0.6 is 11.6 Å². The summed E-state index contributed by atoms with van der Waals surface area (Å²) in [6.07, 6.45) is 0.892. The molecule has 1 aliphatic rings. The normalized spacial score (nSPS) is 23.9. The van der Waals surface area contributed by atoms with Crippen molar-refractivity contribution in [2.24, 2.45) is 5.92 Å². The van der Waals surface area contributed by atoms with Crippen molar-refractivity contribution in [2.75, 3.05) is 40.4 Å². The lowest BCUT2D eigenvalue weighted by Crippen LogP contribution is -2.43. The molecule has 0 spiro atoms. The summed E-state index contributed by atoms with van der Waals surface area (Å²) < 4.78 is 33.2. The first-order chi connectivity index (χ1) is 10.8. The molecule has 0 N–H and O–H groups in total. The minimum absolute atomic E-state index is 0.126. The van der Waals surface area contributed by atoms with Crippen molar-refractivity contribution >= 4 is 21.6 Å². The van der Waals surface area contributed by atoms with E-state index in [0.29, 0.717) is 19.8 Å². The van der Waals surface area contributed by atoms with Crippen molar-refractivity contribution in [1.82, 2.24) is 9.21 Å². The smallest absolute Gasteiger partial charge is 0.244 e. The molecule has 0 saturated carbocycles. The van der Waals surface area contributed by atoms with Gasteiger partial charge in [-0.25, -0.2) is 8.42 Å². The Hall–Kier alpha value is -0.660. The van der Waals surface area contributed by atoms with Crippen LogP contribution in [0.1, 0.15) is 13.3 Å². The van der Waals surface area contributed by atoms with Gasteiger partial charge in [-0.05, 0) is 52.0 Å². The van der Waals surface area contributed by atoms with Gasteiger partial charge < -0.3 is 9.64 Å². The van der Waals surface area contributed by atoms with E-state index in [1.165, 1.54) is 0 Å². The van der Waals surface area contributed by atoms with Gasteiger partial charge in [-0.2, -0.15) is 4.31 Å². The molecular formula is C16H25ClN2O3S. The molecule has 7 heteroatoms. The van der Waals surface area contributed by atoms with Crippen LogP contribution in [0.2, 0.25) is 5.02 Å². The Labute approximate surface area is 144 Å². The fourth-order valence-corrected chi connectivity index (χ4v) is 5.01. The van der Waals surface area contributed by atoms with E-state index in [2.05, 4.69) is 4.90 Å². The number of halogens is 1. The molecule has 2 rings (SSSR count). The second-order valence-corrected chi connectivity index (χ2v) is 8.48. The molecule has 23 heavy (non-hydrogen) atoms. The fourth-order valence-electron chi connectivity index (χ4n) is 2.84. The molecule has 0 unspecified atom stereocenters. The van der Waals surface area contributed by atoms with E-state index in [-0.39, 0.29) is 21.9 Å². The molecule has 1 aromatic rings. The maximum absolute atomic E-state index is 13.0. The minimum atomic E-state index is -3.63. The van der Waals surface area contributed by atoms with Crippen LogP contribution in [-0.4, -0.2) is 64.1 Å². The Morgan fingerprint density at radius 2 is 2.04 bits per heavy atom. The number of hydrogen-bond donors (Lipinski definition) is 0. The first-order valence-electron chi connectivity index (χ1n) is 7.83. The number of rotatable bonds is 5. The van der Waals surface area contributed by atoms with E-state index in [1.54, 1.807) is 28.6 Å². The number of sulfonamides is 1. The van der Waals surface area contributed by atoms with Gasteiger partial charge in [0, 0.05) is 12.6 Å². The summed E-state index contributed by atoms with van der Waals surface area (Å²) in [5.74, 6) is 0.164. The molecule has 0 aromatic heterocycles. The van der Waals surface area contributed by atoms with Crippen molar-refractivity contribution in [3.63, 3.8) is 0 Å². The van der Waals surface area contributed by atoms with Crippen LogP contribution in [-0.2, 0) is 14.8 Å². The molecule has 1 aliphatic heterocycles. The molecule has 0 radical (unpaired) electrons. The van der Waals surface area contributed by atoms with Crippen LogP contribution in [0.25, 0.3) is 0 Å². The number of nitrogens with zero attached hydrogens (tertiary/aromatic N) is 2. The van der Waals surface area contributed by atoms with Crippen LogP contribution in [0.15, 0.2) is 29.2 Å². The van der Waals surface area contributed by atoms with Crippen molar-refractivity contribution < 1.29 is 13.2 Å². The van der Waals surface area contributed by atoms with Gasteiger partial charge in [-0.3, -0.25) is 0 Å². The van der Waals surface area contributed by atoms with Gasteiger partial charge in [0.2, 0.25) is 10.0 Å². The molecule has 5 nitrogen and oxygen atoms in total. The van der Waals surface area contributed by atoms with Crippen molar-refractivity contribution in [2.45, 2.75) is 24.3 Å². The molecule has 1 aromatic carbocycles. The second kappa shape index (κ2) is 7.94. The third-order valence-electron chi connectivity index (χ3n) is 4.29. The molecule has 0 aliphatic carbocycles. The largest absolute Gasteiger partial charge is 0.380 e. The van der Waals surface area contributed by atoms with Gasteiger partial charge >= 0.3 is 0 Å². The van der Waals surface area contributed by atoms with Crippen molar-refractivity contribution in [3.8, 4) is 0 Å². The lowest BCUT2D eigenvalue weighted by atomic mass is 9.98. The fraction of sp³-hybridized carbons (Fsp3) is 0.625. The second-order valence-electron chi connectivity index (χ2n) is 6.21.